The molecule has 192 valence electrons. The summed E-state index contributed by atoms with van der Waals surface area (Å²) in [5.74, 6) is -0.615. The summed E-state index contributed by atoms with van der Waals surface area (Å²) in [5.41, 5.74) is -0.819. The molecule has 0 radical (unpaired) electrons. The van der Waals surface area contributed by atoms with E-state index in [4.69, 9.17) is 21.4 Å². The molecule has 2 aromatic rings. The molecule has 2 rings (SSSR count). The number of nitro benzene ring substituents is 1. The molecule has 0 saturated carbocycles. The Bertz CT molecular complexity index is 1020. The van der Waals surface area contributed by atoms with Crippen molar-refractivity contribution < 1.29 is 32.7 Å². The van der Waals surface area contributed by atoms with Crippen LogP contribution in [0.5, 0.6) is 11.5 Å². The van der Waals surface area contributed by atoms with Crippen molar-refractivity contribution in [3.8, 4) is 11.5 Å². The predicted octanol–water partition coefficient (Wildman–Crippen LogP) is 8.07. The van der Waals surface area contributed by atoms with E-state index >= 15 is 0 Å². The van der Waals surface area contributed by atoms with Crippen LogP contribution in [-0.4, -0.2) is 22.0 Å². The van der Waals surface area contributed by atoms with Gasteiger partial charge in [0.2, 0.25) is 0 Å². The van der Waals surface area contributed by atoms with Gasteiger partial charge in [-0.2, -0.15) is 13.2 Å². The number of hydrogen-bond donors (Lipinski definition) is 2. The van der Waals surface area contributed by atoms with Gasteiger partial charge >= 0.3 is 12.1 Å². The number of rotatable bonds is 14. The van der Waals surface area contributed by atoms with Crippen LogP contribution in [0, 0.1) is 10.1 Å². The number of halogens is 4. The van der Waals surface area contributed by atoms with Crippen molar-refractivity contribution in [1.29, 1.82) is 0 Å². The highest BCUT2D eigenvalue weighted by molar-refractivity contribution is 6.32. The molecule has 0 heterocycles. The molecule has 0 spiro atoms. The van der Waals surface area contributed by atoms with Gasteiger partial charge in [0.05, 0.1) is 15.5 Å². The highest BCUT2D eigenvalue weighted by Crippen LogP contribution is 2.38. The first kappa shape index (κ1) is 28.2. The zero-order chi connectivity index (χ0) is 26.0. The summed E-state index contributed by atoms with van der Waals surface area (Å²) < 4.78 is 44.2. The largest absolute Gasteiger partial charge is 0.481 e. The molecule has 0 fully saturated rings. The van der Waals surface area contributed by atoms with Gasteiger partial charge in [0, 0.05) is 24.6 Å². The van der Waals surface area contributed by atoms with Gasteiger partial charge in [0.1, 0.15) is 17.2 Å². The first-order valence-corrected chi connectivity index (χ1v) is 11.7. The van der Waals surface area contributed by atoms with E-state index in [0.717, 1.165) is 50.3 Å². The van der Waals surface area contributed by atoms with Crippen LogP contribution in [0.2, 0.25) is 5.02 Å². The van der Waals surface area contributed by atoms with Gasteiger partial charge in [0.15, 0.2) is 0 Å². The Morgan fingerprint density at radius 3 is 2.43 bits per heavy atom. The van der Waals surface area contributed by atoms with Crippen LogP contribution in [0.25, 0.3) is 0 Å². The average Bonchev–Trinajstić information content (AvgIpc) is 2.78. The van der Waals surface area contributed by atoms with E-state index in [1.807, 2.05) is 6.92 Å². The molecular formula is C24H28ClF3N2O5. The van der Waals surface area contributed by atoms with Crippen LogP contribution in [0.15, 0.2) is 36.4 Å². The average molecular weight is 517 g/mol. The Labute approximate surface area is 206 Å². The van der Waals surface area contributed by atoms with Crippen molar-refractivity contribution in [2.75, 3.05) is 5.32 Å². The minimum absolute atomic E-state index is 0.00518. The first-order valence-electron chi connectivity index (χ1n) is 11.3. The van der Waals surface area contributed by atoms with Gasteiger partial charge < -0.3 is 15.2 Å². The van der Waals surface area contributed by atoms with Crippen LogP contribution >= 0.6 is 11.6 Å². The number of anilines is 1. The SMILES string of the molecule is CCC(CCCCCCCC(=O)O)Nc1cc(Oc2ccc(C(F)(F)F)cc2Cl)ccc1[N+](=O)[O-]. The fourth-order valence-electron chi connectivity index (χ4n) is 3.54. The molecule has 0 aliphatic heterocycles. The fraction of sp³-hybridized carbons (Fsp3) is 0.458. The van der Waals surface area contributed by atoms with E-state index < -0.39 is 22.6 Å². The van der Waals surface area contributed by atoms with Crippen molar-refractivity contribution in [3.05, 3.63) is 57.1 Å². The minimum Gasteiger partial charge on any atom is -0.481 e. The number of benzene rings is 2. The van der Waals surface area contributed by atoms with Crippen LogP contribution in [0.1, 0.15) is 63.9 Å². The van der Waals surface area contributed by atoms with Gasteiger partial charge in [0.25, 0.3) is 5.69 Å². The Morgan fingerprint density at radius 1 is 1.14 bits per heavy atom. The van der Waals surface area contributed by atoms with E-state index in [0.29, 0.717) is 12.8 Å². The van der Waals surface area contributed by atoms with Crippen molar-refractivity contribution in [1.82, 2.24) is 0 Å². The number of carboxylic acids is 1. The number of carbonyl (C=O) groups is 1. The summed E-state index contributed by atoms with van der Waals surface area (Å²) >= 11 is 5.95. The Hall–Kier alpha value is -3.01. The van der Waals surface area contributed by atoms with E-state index in [-0.39, 0.29) is 40.4 Å². The third-order valence-corrected chi connectivity index (χ3v) is 5.74. The second kappa shape index (κ2) is 13.2. The van der Waals surface area contributed by atoms with Crippen molar-refractivity contribution in [2.24, 2.45) is 0 Å². The molecule has 0 aromatic heterocycles. The molecule has 11 heteroatoms. The van der Waals surface area contributed by atoms with Gasteiger partial charge in [-0.1, -0.05) is 44.2 Å². The highest BCUT2D eigenvalue weighted by atomic mass is 35.5. The van der Waals surface area contributed by atoms with Gasteiger partial charge in [-0.05, 0) is 43.5 Å². The van der Waals surface area contributed by atoms with Gasteiger partial charge in [-0.25, -0.2) is 0 Å². The molecular weight excluding hydrogens is 489 g/mol. The zero-order valence-electron chi connectivity index (χ0n) is 19.2. The smallest absolute Gasteiger partial charge is 0.416 e. The number of nitrogens with one attached hydrogen (secondary N) is 1. The summed E-state index contributed by atoms with van der Waals surface area (Å²) in [6, 6.07) is 6.72. The molecule has 2 aromatic carbocycles. The van der Waals surface area contributed by atoms with Gasteiger partial charge in [-0.3, -0.25) is 14.9 Å². The minimum atomic E-state index is -4.54. The van der Waals surface area contributed by atoms with E-state index in [9.17, 15) is 28.1 Å². The zero-order valence-corrected chi connectivity index (χ0v) is 20.0. The third-order valence-electron chi connectivity index (χ3n) is 5.45. The molecule has 0 aliphatic rings. The van der Waals surface area contributed by atoms with Gasteiger partial charge in [-0.15, -0.1) is 0 Å². The molecule has 0 aliphatic carbocycles. The molecule has 2 N–H and O–H groups in total. The number of nitro groups is 1. The number of hydrogen-bond acceptors (Lipinski definition) is 5. The number of aliphatic carboxylic acids is 1. The molecule has 1 atom stereocenters. The maximum atomic E-state index is 12.9. The lowest BCUT2D eigenvalue weighted by Crippen LogP contribution is -2.19. The molecule has 35 heavy (non-hydrogen) atoms. The fourth-order valence-corrected chi connectivity index (χ4v) is 3.76. The molecule has 0 saturated heterocycles. The highest BCUT2D eigenvalue weighted by Gasteiger charge is 2.31. The molecule has 1 unspecified atom stereocenters. The monoisotopic (exact) mass is 516 g/mol. The van der Waals surface area contributed by atoms with Crippen LogP contribution in [0.3, 0.4) is 0 Å². The Balaban J connectivity index is 2.05. The number of unbranched alkanes of at least 4 members (excludes halogenated alkanes) is 4. The molecule has 0 amide bonds. The summed E-state index contributed by atoms with van der Waals surface area (Å²) in [4.78, 5) is 21.5. The second-order valence-electron chi connectivity index (χ2n) is 8.13. The number of nitrogens with zero attached hydrogens (tertiary/aromatic N) is 1. The van der Waals surface area contributed by atoms with Crippen molar-refractivity contribution in [2.45, 2.75) is 70.5 Å². The standard InChI is InChI=1S/C24H28ClF3N2O5/c1-2-17(8-6-4-3-5-7-9-23(31)32)29-20-15-18(11-12-21(20)30(33)34)35-22-13-10-16(14-19(22)25)24(26,27)28/h10-15,17,29H,2-9H2,1H3,(H,31,32). The van der Waals surface area contributed by atoms with Crippen LogP contribution in [0.4, 0.5) is 24.5 Å². The predicted molar refractivity (Wildman–Crippen MR) is 127 cm³/mol. The maximum Gasteiger partial charge on any atom is 0.416 e. The quantitative estimate of drug-likeness (QED) is 0.149. The number of carboxylic acid groups (broad SMARTS) is 1. The van der Waals surface area contributed by atoms with Crippen molar-refractivity contribution >= 4 is 28.9 Å². The number of alkyl halides is 3. The molecule has 0 bridgehead atoms. The molecule has 7 nitrogen and oxygen atoms in total. The Kier molecular flexibility index (Phi) is 10.6. The van der Waals surface area contributed by atoms with Crippen molar-refractivity contribution in [3.63, 3.8) is 0 Å². The lowest BCUT2D eigenvalue weighted by atomic mass is 10.0. The lowest BCUT2D eigenvalue weighted by molar-refractivity contribution is -0.384. The van der Waals surface area contributed by atoms with Crippen LogP contribution in [-0.2, 0) is 11.0 Å². The van der Waals surface area contributed by atoms with E-state index in [1.165, 1.54) is 18.2 Å². The van der Waals surface area contributed by atoms with E-state index in [1.54, 1.807) is 0 Å². The maximum absolute atomic E-state index is 12.9. The second-order valence-corrected chi connectivity index (χ2v) is 8.54. The summed E-state index contributed by atoms with van der Waals surface area (Å²) in [6.45, 7) is 1.96. The normalized spacial score (nSPS) is 12.3. The summed E-state index contributed by atoms with van der Waals surface area (Å²) in [5, 5.41) is 23.1. The number of ether oxygens (including phenoxy) is 1. The lowest BCUT2D eigenvalue weighted by Gasteiger charge is -2.19. The van der Waals surface area contributed by atoms with E-state index in [2.05, 4.69) is 5.32 Å². The topological polar surface area (TPSA) is 102 Å². The first-order chi connectivity index (χ1) is 16.5. The third kappa shape index (κ3) is 9.28. The summed E-state index contributed by atoms with van der Waals surface area (Å²) in [6.07, 6.45) is 1.31. The van der Waals surface area contributed by atoms with Crippen LogP contribution < -0.4 is 10.1 Å². The summed E-state index contributed by atoms with van der Waals surface area (Å²) in [7, 11) is 0. The Morgan fingerprint density at radius 2 is 1.83 bits per heavy atom.